The summed E-state index contributed by atoms with van der Waals surface area (Å²) < 4.78 is 12.0. The first-order valence-corrected chi connectivity index (χ1v) is 17.1. The lowest BCUT2D eigenvalue weighted by Gasteiger charge is -2.42. The van der Waals surface area contributed by atoms with Gasteiger partial charge in [0.15, 0.2) is 11.7 Å². The number of amides is 1. The maximum absolute atomic E-state index is 13.0. The number of thioether (sulfide) groups is 2. The van der Waals surface area contributed by atoms with Gasteiger partial charge in [-0.05, 0) is 25.2 Å². The first-order valence-electron chi connectivity index (χ1n) is 15.1. The van der Waals surface area contributed by atoms with Crippen LogP contribution in [0.2, 0.25) is 0 Å². The third-order valence-electron chi connectivity index (χ3n) is 9.80. The molecule has 222 valence electrons. The van der Waals surface area contributed by atoms with E-state index in [-0.39, 0.29) is 58.8 Å². The molecule has 7 rings (SSSR count). The lowest BCUT2D eigenvalue weighted by atomic mass is 9.84. The summed E-state index contributed by atoms with van der Waals surface area (Å²) >= 11 is 3.61. The molecular formula is C27H43N7O4S2. The molecule has 6 heterocycles. The summed E-state index contributed by atoms with van der Waals surface area (Å²) in [6.45, 7) is 4.42. The van der Waals surface area contributed by atoms with Crippen LogP contribution in [0.4, 0.5) is 0 Å². The van der Waals surface area contributed by atoms with Crippen LogP contribution in [0.1, 0.15) is 32.1 Å². The van der Waals surface area contributed by atoms with Crippen molar-refractivity contribution in [2.75, 3.05) is 45.1 Å². The standard InChI is InChI=1S/C27H43N7O4S2/c28-16-3-1-2-4-17(16)31-20-9-14-11-29-26(36)22(14)25(32-20)33-27-30-12-19(40-27)15-13-39-24-18(35)10-21(38-23(15)24)34-5-7-37-8-6-34/h10,14-17,19-20,22-25,27,30-33H,1-9,11-13,28H2,(H,29,36)/t14?,15?,16-,17+,19?,20?,22?,23?,24?,25?,27?/m1/s1. The SMILES string of the molecule is N[C@@H]1CCCC[C@@H]1NC1CC2CNC(=O)C2C(NC2NCC(C3CSC4C(=O)C=C(N5CCOCC5)OC43)S2)N1. The van der Waals surface area contributed by atoms with Crippen LogP contribution in [-0.2, 0) is 19.1 Å². The van der Waals surface area contributed by atoms with Crippen LogP contribution in [-0.4, -0.2) is 108 Å². The molecule has 0 aromatic rings. The molecule has 1 saturated carbocycles. The molecule has 0 spiro atoms. The molecule has 7 N–H and O–H groups in total. The van der Waals surface area contributed by atoms with Crippen molar-refractivity contribution in [1.82, 2.24) is 31.5 Å². The van der Waals surface area contributed by atoms with E-state index >= 15 is 0 Å². The van der Waals surface area contributed by atoms with Gasteiger partial charge in [0.05, 0.1) is 31.5 Å². The van der Waals surface area contributed by atoms with E-state index in [0.29, 0.717) is 36.3 Å². The Morgan fingerprint density at radius 3 is 2.80 bits per heavy atom. The Kier molecular flexibility index (Phi) is 8.26. The lowest BCUT2D eigenvalue weighted by Crippen LogP contribution is -2.67. The number of nitrogens with two attached hydrogens (primary N) is 1. The molecule has 0 aromatic carbocycles. The van der Waals surface area contributed by atoms with Crippen LogP contribution < -0.4 is 32.3 Å². The average molecular weight is 594 g/mol. The van der Waals surface area contributed by atoms with Crippen molar-refractivity contribution in [2.45, 2.75) is 78.6 Å². The highest BCUT2D eigenvalue weighted by Crippen LogP contribution is 2.45. The average Bonchev–Trinajstić information content (AvgIpc) is 3.69. The highest BCUT2D eigenvalue weighted by molar-refractivity contribution is 8.01. The van der Waals surface area contributed by atoms with Gasteiger partial charge in [-0.1, -0.05) is 12.8 Å². The number of nitrogens with zero attached hydrogens (tertiary/aromatic N) is 1. The molecule has 11 atom stereocenters. The highest BCUT2D eigenvalue weighted by atomic mass is 32.2. The van der Waals surface area contributed by atoms with Crippen LogP contribution in [0, 0.1) is 17.8 Å². The first kappa shape index (κ1) is 27.8. The van der Waals surface area contributed by atoms with Crippen molar-refractivity contribution < 1.29 is 19.1 Å². The minimum Gasteiger partial charge on any atom is -0.474 e. The second kappa shape index (κ2) is 11.9. The van der Waals surface area contributed by atoms with Crippen LogP contribution in [0.3, 0.4) is 0 Å². The molecule has 5 saturated heterocycles. The molecule has 11 nitrogen and oxygen atoms in total. The van der Waals surface area contributed by atoms with E-state index < -0.39 is 0 Å². The van der Waals surface area contributed by atoms with Gasteiger partial charge in [-0.15, -0.1) is 23.5 Å². The van der Waals surface area contributed by atoms with Crippen LogP contribution in [0.15, 0.2) is 12.0 Å². The Labute approximate surface area is 244 Å². The van der Waals surface area contributed by atoms with Crippen LogP contribution in [0.5, 0.6) is 0 Å². The number of ketones is 1. The van der Waals surface area contributed by atoms with Crippen molar-refractivity contribution in [3.05, 3.63) is 12.0 Å². The number of hydrogen-bond acceptors (Lipinski definition) is 12. The fourth-order valence-electron chi connectivity index (χ4n) is 7.60. The Hall–Kier alpha value is -1.06. The molecule has 40 heavy (non-hydrogen) atoms. The summed E-state index contributed by atoms with van der Waals surface area (Å²) in [5.41, 5.74) is 6.46. The van der Waals surface area contributed by atoms with Gasteiger partial charge in [0.1, 0.15) is 16.9 Å². The molecule has 6 aliphatic heterocycles. The van der Waals surface area contributed by atoms with Crippen LogP contribution in [0.25, 0.3) is 0 Å². The van der Waals surface area contributed by atoms with Gasteiger partial charge in [-0.25, -0.2) is 0 Å². The molecule has 1 aliphatic carbocycles. The smallest absolute Gasteiger partial charge is 0.226 e. The second-order valence-electron chi connectivity index (χ2n) is 12.3. The Balaban J connectivity index is 0.985. The van der Waals surface area contributed by atoms with Gasteiger partial charge < -0.3 is 25.4 Å². The molecule has 0 aromatic heterocycles. The monoisotopic (exact) mass is 593 g/mol. The summed E-state index contributed by atoms with van der Waals surface area (Å²) in [4.78, 5) is 28.0. The topological polar surface area (TPSA) is 142 Å². The first-order chi connectivity index (χ1) is 19.5. The Morgan fingerprint density at radius 1 is 1.10 bits per heavy atom. The lowest BCUT2D eigenvalue weighted by molar-refractivity contribution is -0.125. The van der Waals surface area contributed by atoms with Gasteiger partial charge in [-0.3, -0.25) is 30.9 Å². The van der Waals surface area contributed by atoms with Gasteiger partial charge in [0.2, 0.25) is 5.91 Å². The van der Waals surface area contributed by atoms with E-state index in [2.05, 4.69) is 31.5 Å². The van der Waals surface area contributed by atoms with Crippen molar-refractivity contribution in [3.63, 3.8) is 0 Å². The third kappa shape index (κ3) is 5.52. The maximum atomic E-state index is 13.0. The minimum atomic E-state index is -0.128. The third-order valence-corrected chi connectivity index (χ3v) is 12.7. The number of carbonyl (C=O) groups is 2. The van der Waals surface area contributed by atoms with Crippen molar-refractivity contribution >= 4 is 35.2 Å². The summed E-state index contributed by atoms with van der Waals surface area (Å²) in [7, 11) is 0. The maximum Gasteiger partial charge on any atom is 0.226 e. The predicted octanol–water partition coefficient (Wildman–Crippen LogP) is -0.695. The summed E-state index contributed by atoms with van der Waals surface area (Å²) in [5, 5.41) is 18.3. The zero-order valence-electron chi connectivity index (χ0n) is 22.9. The molecule has 6 fully saturated rings. The molecule has 0 radical (unpaired) electrons. The number of hydrogen-bond donors (Lipinski definition) is 6. The zero-order chi connectivity index (χ0) is 27.2. The van der Waals surface area contributed by atoms with E-state index in [0.717, 1.165) is 51.2 Å². The number of fused-ring (bicyclic) bond motifs is 2. The molecule has 9 unspecified atom stereocenters. The summed E-state index contributed by atoms with van der Waals surface area (Å²) in [6, 6.07) is 0.510. The molecular weight excluding hydrogens is 550 g/mol. The fourth-order valence-corrected chi connectivity index (χ4v) is 10.7. The van der Waals surface area contributed by atoms with Crippen molar-refractivity contribution in [3.8, 4) is 0 Å². The van der Waals surface area contributed by atoms with E-state index in [1.807, 2.05) is 11.8 Å². The number of nitrogens with one attached hydrogen (secondary N) is 5. The van der Waals surface area contributed by atoms with E-state index in [1.165, 1.54) is 12.8 Å². The zero-order valence-corrected chi connectivity index (χ0v) is 24.5. The number of piperidine rings is 1. The number of morpholine rings is 1. The second-order valence-corrected chi connectivity index (χ2v) is 14.8. The van der Waals surface area contributed by atoms with Gasteiger partial charge in [0.25, 0.3) is 0 Å². The normalized spacial score (nSPS) is 45.5. The number of ether oxygens (including phenoxy) is 2. The van der Waals surface area contributed by atoms with Gasteiger partial charge in [0, 0.05) is 61.3 Å². The molecule has 7 aliphatic rings. The van der Waals surface area contributed by atoms with E-state index in [9.17, 15) is 9.59 Å². The number of carbonyl (C=O) groups excluding carboxylic acids is 2. The number of rotatable bonds is 6. The van der Waals surface area contributed by atoms with Crippen molar-refractivity contribution in [2.24, 2.45) is 23.5 Å². The minimum absolute atomic E-state index is 0.0184. The van der Waals surface area contributed by atoms with Gasteiger partial charge in [-0.2, -0.15) is 0 Å². The molecule has 0 bridgehead atoms. The quantitative estimate of drug-likeness (QED) is 0.232. The van der Waals surface area contributed by atoms with Crippen molar-refractivity contribution in [1.29, 1.82) is 0 Å². The highest BCUT2D eigenvalue weighted by Gasteiger charge is 2.51. The molecule has 13 heteroatoms. The summed E-state index contributed by atoms with van der Waals surface area (Å²) in [6.07, 6.45) is 7.13. The largest absolute Gasteiger partial charge is 0.474 e. The predicted molar refractivity (Wildman–Crippen MR) is 155 cm³/mol. The van der Waals surface area contributed by atoms with Gasteiger partial charge >= 0.3 is 0 Å². The number of allylic oxidation sites excluding steroid dienone is 1. The van der Waals surface area contributed by atoms with Crippen LogP contribution >= 0.6 is 23.5 Å². The van der Waals surface area contributed by atoms with E-state index in [4.69, 9.17) is 15.2 Å². The Morgan fingerprint density at radius 2 is 1.95 bits per heavy atom. The fraction of sp³-hybridized carbons (Fsp3) is 0.852. The molecule has 1 amide bonds. The van der Waals surface area contributed by atoms with E-state index in [1.54, 1.807) is 17.8 Å². The summed E-state index contributed by atoms with van der Waals surface area (Å²) in [5.74, 6) is 2.42. The Bertz CT molecular complexity index is 1000.